The van der Waals surface area contributed by atoms with E-state index in [1.54, 1.807) is 26.0 Å². The summed E-state index contributed by atoms with van der Waals surface area (Å²) < 4.78 is 10.6. The third kappa shape index (κ3) is 4.19. The molecule has 6 heteroatoms. The van der Waals surface area contributed by atoms with Gasteiger partial charge in [-0.3, -0.25) is 4.79 Å². The normalized spacial score (nSPS) is 11.8. The third-order valence-electron chi connectivity index (χ3n) is 3.59. The van der Waals surface area contributed by atoms with Crippen LogP contribution in [-0.2, 0) is 4.79 Å². The summed E-state index contributed by atoms with van der Waals surface area (Å²) in [4.78, 5) is 12.2. The van der Waals surface area contributed by atoms with Gasteiger partial charge in [0.1, 0.15) is 11.5 Å². The highest BCUT2D eigenvalue weighted by molar-refractivity contribution is 6.32. The molecule has 25 heavy (non-hydrogen) atoms. The van der Waals surface area contributed by atoms with Crippen LogP contribution in [0.4, 0.5) is 5.82 Å². The lowest BCUT2D eigenvalue weighted by molar-refractivity contribution is -0.122. The lowest BCUT2D eigenvalue weighted by atomic mass is 10.1. The maximum atomic E-state index is 12.2. The molecular weight excluding hydrogens is 340 g/mol. The number of aromatic nitrogens is 1. The fourth-order valence-electron chi connectivity index (χ4n) is 2.30. The van der Waals surface area contributed by atoms with Crippen molar-refractivity contribution in [3.8, 4) is 16.9 Å². The highest BCUT2D eigenvalue weighted by atomic mass is 35.5. The third-order valence-corrected chi connectivity index (χ3v) is 3.89. The van der Waals surface area contributed by atoms with E-state index in [9.17, 15) is 4.79 Å². The summed E-state index contributed by atoms with van der Waals surface area (Å²) in [5.41, 5.74) is 2.04. The van der Waals surface area contributed by atoms with E-state index < -0.39 is 6.10 Å². The monoisotopic (exact) mass is 356 g/mol. The van der Waals surface area contributed by atoms with Gasteiger partial charge in [0.15, 0.2) is 11.9 Å². The molecule has 0 fully saturated rings. The average Bonchev–Trinajstić information content (AvgIpc) is 3.02. The van der Waals surface area contributed by atoms with E-state index in [0.29, 0.717) is 22.4 Å². The predicted octanol–water partition coefficient (Wildman–Crippen LogP) is 4.71. The smallest absolute Gasteiger partial charge is 0.266 e. The van der Waals surface area contributed by atoms with Crippen LogP contribution in [0.2, 0.25) is 5.02 Å². The van der Waals surface area contributed by atoms with Crippen LogP contribution in [0.1, 0.15) is 12.7 Å². The summed E-state index contributed by atoms with van der Waals surface area (Å²) in [5, 5.41) is 6.79. The van der Waals surface area contributed by atoms with E-state index >= 15 is 0 Å². The van der Waals surface area contributed by atoms with Crippen LogP contribution in [0.25, 0.3) is 11.1 Å². The van der Waals surface area contributed by atoms with Crippen molar-refractivity contribution in [2.45, 2.75) is 20.0 Å². The summed E-state index contributed by atoms with van der Waals surface area (Å²) in [6.07, 6.45) is -0.739. The molecule has 0 saturated heterocycles. The number of aryl methyl sites for hydroxylation is 1. The Morgan fingerprint density at radius 2 is 1.92 bits per heavy atom. The largest absolute Gasteiger partial charge is 0.479 e. The molecule has 1 atom stereocenters. The first kappa shape index (κ1) is 17.0. The van der Waals surface area contributed by atoms with Gasteiger partial charge < -0.3 is 14.6 Å². The summed E-state index contributed by atoms with van der Waals surface area (Å²) in [6, 6.07) is 17.0. The lowest BCUT2D eigenvalue weighted by Crippen LogP contribution is -2.30. The molecule has 3 aromatic rings. The van der Waals surface area contributed by atoms with Crippen LogP contribution < -0.4 is 10.1 Å². The Balaban J connectivity index is 1.68. The first-order chi connectivity index (χ1) is 12.0. The van der Waals surface area contributed by atoms with Crippen LogP contribution in [-0.4, -0.2) is 17.2 Å². The molecule has 0 spiro atoms. The number of nitrogens with zero attached hydrogens (tertiary/aromatic N) is 1. The number of carbonyl (C=O) groups excluding carboxylic acids is 1. The first-order valence-corrected chi connectivity index (χ1v) is 8.16. The molecule has 1 N–H and O–H groups in total. The molecule has 1 amide bonds. The van der Waals surface area contributed by atoms with Gasteiger partial charge in [-0.05, 0) is 37.1 Å². The summed E-state index contributed by atoms with van der Waals surface area (Å²) in [5.74, 6) is 1.07. The van der Waals surface area contributed by atoms with Gasteiger partial charge in [-0.25, -0.2) is 0 Å². The second kappa shape index (κ2) is 7.40. The van der Waals surface area contributed by atoms with E-state index in [1.165, 1.54) is 0 Å². The Labute approximate surface area is 150 Å². The molecule has 0 saturated carbocycles. The van der Waals surface area contributed by atoms with Crippen LogP contribution >= 0.6 is 11.6 Å². The van der Waals surface area contributed by atoms with Crippen LogP contribution in [0.3, 0.4) is 0 Å². The first-order valence-electron chi connectivity index (χ1n) is 7.79. The topological polar surface area (TPSA) is 64.4 Å². The van der Waals surface area contributed by atoms with Gasteiger partial charge in [-0.1, -0.05) is 53.2 Å². The maximum Gasteiger partial charge on any atom is 0.266 e. The van der Waals surface area contributed by atoms with E-state index in [1.807, 2.05) is 42.5 Å². The van der Waals surface area contributed by atoms with Crippen molar-refractivity contribution in [1.82, 2.24) is 5.16 Å². The highest BCUT2D eigenvalue weighted by Crippen LogP contribution is 2.31. The van der Waals surface area contributed by atoms with Crippen LogP contribution in [0.15, 0.2) is 59.1 Å². The van der Waals surface area contributed by atoms with Crippen molar-refractivity contribution >= 4 is 23.3 Å². The quantitative estimate of drug-likeness (QED) is 0.719. The highest BCUT2D eigenvalue weighted by Gasteiger charge is 2.18. The minimum atomic E-state index is -0.739. The number of anilines is 1. The fourth-order valence-corrected chi connectivity index (χ4v) is 2.53. The molecule has 1 aromatic heterocycles. The van der Waals surface area contributed by atoms with E-state index in [4.69, 9.17) is 20.9 Å². The van der Waals surface area contributed by atoms with Gasteiger partial charge in [0.05, 0.1) is 5.02 Å². The average molecular weight is 357 g/mol. The molecule has 0 radical (unpaired) electrons. The Morgan fingerprint density at radius 1 is 1.16 bits per heavy atom. The number of ether oxygens (including phenoxy) is 1. The van der Waals surface area contributed by atoms with Gasteiger partial charge in [-0.15, -0.1) is 0 Å². The Kier molecular flexibility index (Phi) is 5.05. The zero-order valence-corrected chi connectivity index (χ0v) is 14.6. The Hall–Kier alpha value is -2.79. The van der Waals surface area contributed by atoms with Crippen molar-refractivity contribution in [3.63, 3.8) is 0 Å². The molecule has 0 aliphatic rings. The maximum absolute atomic E-state index is 12.2. The molecule has 5 nitrogen and oxygen atoms in total. The van der Waals surface area contributed by atoms with Crippen molar-refractivity contribution in [1.29, 1.82) is 0 Å². The fraction of sp³-hybridized carbons (Fsp3) is 0.158. The molecule has 0 bridgehead atoms. The second-order valence-electron chi connectivity index (χ2n) is 5.58. The molecule has 1 heterocycles. The van der Waals surface area contributed by atoms with Crippen molar-refractivity contribution in [2.75, 3.05) is 5.32 Å². The van der Waals surface area contributed by atoms with Gasteiger partial charge >= 0.3 is 0 Å². The molecule has 0 unspecified atom stereocenters. The number of benzene rings is 2. The second-order valence-corrected chi connectivity index (χ2v) is 5.99. The summed E-state index contributed by atoms with van der Waals surface area (Å²) in [6.45, 7) is 3.39. The molecule has 2 aromatic carbocycles. The minimum absolute atomic E-state index is 0.337. The molecule has 0 aliphatic carbocycles. The molecule has 0 aliphatic heterocycles. The zero-order valence-electron chi connectivity index (χ0n) is 13.8. The number of amides is 1. The van der Waals surface area contributed by atoms with Gasteiger partial charge in [-0.2, -0.15) is 0 Å². The molecule has 128 valence electrons. The number of carbonyl (C=O) groups is 1. The minimum Gasteiger partial charge on any atom is -0.479 e. The zero-order chi connectivity index (χ0) is 17.8. The van der Waals surface area contributed by atoms with Gasteiger partial charge in [0, 0.05) is 6.07 Å². The number of hydrogen-bond acceptors (Lipinski definition) is 4. The van der Waals surface area contributed by atoms with E-state index in [-0.39, 0.29) is 5.91 Å². The van der Waals surface area contributed by atoms with Crippen LogP contribution in [0, 0.1) is 6.92 Å². The molecular formula is C19H17ClN2O3. The molecule has 3 rings (SSSR count). The predicted molar refractivity (Wildman–Crippen MR) is 96.8 cm³/mol. The van der Waals surface area contributed by atoms with Crippen molar-refractivity contribution in [2.24, 2.45) is 0 Å². The van der Waals surface area contributed by atoms with Gasteiger partial charge in [0.2, 0.25) is 0 Å². The number of hydrogen-bond donors (Lipinski definition) is 1. The SMILES string of the molecule is Cc1cc(NC(=O)[C@H](C)Oc2ccc(-c3ccccc3)cc2Cl)no1. The van der Waals surface area contributed by atoms with E-state index in [2.05, 4.69) is 10.5 Å². The summed E-state index contributed by atoms with van der Waals surface area (Å²) >= 11 is 6.31. The van der Waals surface area contributed by atoms with E-state index in [0.717, 1.165) is 11.1 Å². The Bertz CT molecular complexity index is 877. The number of nitrogens with one attached hydrogen (secondary N) is 1. The Morgan fingerprint density at radius 3 is 2.56 bits per heavy atom. The number of rotatable bonds is 5. The lowest BCUT2D eigenvalue weighted by Gasteiger charge is -2.15. The van der Waals surface area contributed by atoms with Gasteiger partial charge in [0.25, 0.3) is 5.91 Å². The summed E-state index contributed by atoms with van der Waals surface area (Å²) in [7, 11) is 0. The van der Waals surface area contributed by atoms with Crippen LogP contribution in [0.5, 0.6) is 5.75 Å². The van der Waals surface area contributed by atoms with Crippen molar-refractivity contribution < 1.29 is 14.1 Å². The number of halogens is 1. The standard InChI is InChI=1S/C19H17ClN2O3/c1-12-10-18(22-25-12)21-19(23)13(2)24-17-9-8-15(11-16(17)20)14-6-4-3-5-7-14/h3-11,13H,1-2H3,(H,21,22,23)/t13-/m0/s1. The van der Waals surface area contributed by atoms with Crippen molar-refractivity contribution in [3.05, 3.63) is 65.4 Å².